The molecule has 4 rings (SSSR count). The Hall–Kier alpha value is -3.22. The lowest BCUT2D eigenvalue weighted by Crippen LogP contribution is -2.20. The molecule has 2 heterocycles. The fourth-order valence-electron chi connectivity index (χ4n) is 2.62. The maximum atomic E-state index is 13.7. The SMILES string of the molecule is O=C(Nc1c(F)cccc1F)c1ncn2c1COc1ccccc1-2. The number of amides is 1. The van der Waals surface area contributed by atoms with E-state index >= 15 is 0 Å². The highest BCUT2D eigenvalue weighted by Crippen LogP contribution is 2.30. The minimum atomic E-state index is -0.849. The van der Waals surface area contributed by atoms with Gasteiger partial charge in [-0.05, 0) is 24.3 Å². The van der Waals surface area contributed by atoms with Crippen LogP contribution < -0.4 is 10.1 Å². The van der Waals surface area contributed by atoms with Crippen LogP contribution in [0.15, 0.2) is 48.8 Å². The molecule has 0 unspecified atom stereocenters. The Morgan fingerprint density at radius 1 is 1.12 bits per heavy atom. The van der Waals surface area contributed by atoms with Gasteiger partial charge in [-0.15, -0.1) is 0 Å². The topological polar surface area (TPSA) is 56.2 Å². The number of fused-ring (bicyclic) bond motifs is 3. The zero-order valence-corrected chi connectivity index (χ0v) is 12.3. The highest BCUT2D eigenvalue weighted by atomic mass is 19.1. The van der Waals surface area contributed by atoms with Crippen LogP contribution in [0.1, 0.15) is 16.2 Å². The van der Waals surface area contributed by atoms with E-state index in [0.717, 1.165) is 17.8 Å². The molecular weight excluding hydrogens is 316 g/mol. The van der Waals surface area contributed by atoms with E-state index in [1.54, 1.807) is 4.57 Å². The summed E-state index contributed by atoms with van der Waals surface area (Å²) in [5.41, 5.74) is 0.832. The fourth-order valence-corrected chi connectivity index (χ4v) is 2.62. The number of nitrogens with zero attached hydrogens (tertiary/aromatic N) is 2. The van der Waals surface area contributed by atoms with Crippen LogP contribution in [0.2, 0.25) is 0 Å². The Morgan fingerprint density at radius 3 is 2.67 bits per heavy atom. The number of rotatable bonds is 2. The first-order chi connectivity index (χ1) is 11.6. The van der Waals surface area contributed by atoms with Gasteiger partial charge in [0.2, 0.25) is 0 Å². The number of anilines is 1. The molecule has 3 aromatic rings. The van der Waals surface area contributed by atoms with E-state index in [2.05, 4.69) is 10.3 Å². The molecule has 0 saturated heterocycles. The predicted molar refractivity (Wildman–Crippen MR) is 82.2 cm³/mol. The number of imidazole rings is 1. The van der Waals surface area contributed by atoms with Crippen molar-refractivity contribution in [2.45, 2.75) is 6.61 Å². The minimum Gasteiger partial charge on any atom is -0.485 e. The molecule has 0 atom stereocenters. The Labute approximate surface area is 135 Å². The molecule has 1 aliphatic rings. The molecule has 0 saturated carbocycles. The lowest BCUT2D eigenvalue weighted by atomic mass is 10.2. The number of ether oxygens (including phenoxy) is 1. The standard InChI is InChI=1S/C17H11F2N3O2/c18-10-4-3-5-11(19)15(10)21-17(23)16-13-8-24-14-7-2-1-6-12(14)22(13)9-20-16/h1-7,9H,8H2,(H,21,23). The van der Waals surface area contributed by atoms with Gasteiger partial charge in [0, 0.05) is 0 Å². The summed E-state index contributed by atoms with van der Waals surface area (Å²) in [5.74, 6) is -1.72. The number of hydrogen-bond donors (Lipinski definition) is 1. The number of aromatic nitrogens is 2. The lowest BCUT2D eigenvalue weighted by Gasteiger charge is -2.20. The summed E-state index contributed by atoms with van der Waals surface area (Å²) in [7, 11) is 0. The first-order valence-electron chi connectivity index (χ1n) is 7.19. The zero-order chi connectivity index (χ0) is 16.7. The van der Waals surface area contributed by atoms with Crippen LogP contribution in [0, 0.1) is 11.6 Å². The molecule has 24 heavy (non-hydrogen) atoms. The maximum Gasteiger partial charge on any atom is 0.276 e. The summed E-state index contributed by atoms with van der Waals surface area (Å²) in [4.78, 5) is 16.5. The first kappa shape index (κ1) is 14.4. The van der Waals surface area contributed by atoms with E-state index in [-0.39, 0.29) is 12.3 Å². The summed E-state index contributed by atoms with van der Waals surface area (Å²) in [6.07, 6.45) is 1.49. The molecule has 0 radical (unpaired) electrons. The second kappa shape index (κ2) is 5.45. The summed E-state index contributed by atoms with van der Waals surface area (Å²) in [6.45, 7) is 0.138. The summed E-state index contributed by atoms with van der Waals surface area (Å²) >= 11 is 0. The van der Waals surface area contributed by atoms with Crippen molar-refractivity contribution in [2.75, 3.05) is 5.32 Å². The van der Waals surface area contributed by atoms with Crippen molar-refractivity contribution >= 4 is 11.6 Å². The molecule has 1 aromatic heterocycles. The van der Waals surface area contributed by atoms with Crippen LogP contribution in [0.5, 0.6) is 5.75 Å². The Bertz CT molecular complexity index is 933. The smallest absolute Gasteiger partial charge is 0.276 e. The van der Waals surface area contributed by atoms with Crippen LogP contribution in [0.25, 0.3) is 5.69 Å². The van der Waals surface area contributed by atoms with E-state index in [1.807, 2.05) is 24.3 Å². The van der Waals surface area contributed by atoms with E-state index < -0.39 is 23.2 Å². The average molecular weight is 327 g/mol. The normalized spacial score (nSPS) is 12.1. The predicted octanol–water partition coefficient (Wildman–Crippen LogP) is 3.30. The van der Waals surface area contributed by atoms with Crippen LogP contribution >= 0.6 is 0 Å². The molecule has 1 aliphatic heterocycles. The van der Waals surface area contributed by atoms with Crippen molar-refractivity contribution in [3.8, 4) is 11.4 Å². The second-order valence-corrected chi connectivity index (χ2v) is 5.22. The molecule has 1 N–H and O–H groups in total. The maximum absolute atomic E-state index is 13.7. The van der Waals surface area contributed by atoms with Crippen molar-refractivity contribution < 1.29 is 18.3 Å². The molecule has 120 valence electrons. The Kier molecular flexibility index (Phi) is 3.26. The van der Waals surface area contributed by atoms with Gasteiger partial charge in [0.05, 0.1) is 11.4 Å². The number of halogens is 2. The number of benzene rings is 2. The number of para-hydroxylation sites is 3. The molecule has 0 fully saturated rings. The van der Waals surface area contributed by atoms with E-state index in [4.69, 9.17) is 4.74 Å². The summed E-state index contributed by atoms with van der Waals surface area (Å²) in [6, 6.07) is 10.7. The molecule has 7 heteroatoms. The van der Waals surface area contributed by atoms with Crippen LogP contribution in [-0.4, -0.2) is 15.5 Å². The van der Waals surface area contributed by atoms with Gasteiger partial charge in [0.15, 0.2) is 5.69 Å². The first-order valence-corrected chi connectivity index (χ1v) is 7.19. The fraction of sp³-hybridized carbons (Fsp3) is 0.0588. The van der Waals surface area contributed by atoms with Crippen molar-refractivity contribution in [1.82, 2.24) is 9.55 Å². The van der Waals surface area contributed by atoms with Crippen molar-refractivity contribution in [3.63, 3.8) is 0 Å². The molecule has 5 nitrogen and oxygen atoms in total. The quantitative estimate of drug-likeness (QED) is 0.786. The third-order valence-corrected chi connectivity index (χ3v) is 3.77. The molecule has 0 spiro atoms. The van der Waals surface area contributed by atoms with Gasteiger partial charge in [0.25, 0.3) is 5.91 Å². The van der Waals surface area contributed by atoms with Gasteiger partial charge in [-0.1, -0.05) is 18.2 Å². The lowest BCUT2D eigenvalue weighted by molar-refractivity contribution is 0.101. The van der Waals surface area contributed by atoms with E-state index in [1.165, 1.54) is 12.4 Å². The van der Waals surface area contributed by atoms with Crippen molar-refractivity contribution in [1.29, 1.82) is 0 Å². The Morgan fingerprint density at radius 2 is 1.88 bits per heavy atom. The van der Waals surface area contributed by atoms with Gasteiger partial charge in [-0.3, -0.25) is 9.36 Å². The third-order valence-electron chi connectivity index (χ3n) is 3.77. The Balaban J connectivity index is 1.70. The zero-order valence-electron chi connectivity index (χ0n) is 12.3. The van der Waals surface area contributed by atoms with Gasteiger partial charge < -0.3 is 10.1 Å². The monoisotopic (exact) mass is 327 g/mol. The average Bonchev–Trinajstić information content (AvgIpc) is 3.03. The number of carbonyl (C=O) groups excluding carboxylic acids is 1. The molecule has 1 amide bonds. The van der Waals surface area contributed by atoms with Crippen LogP contribution in [0.4, 0.5) is 14.5 Å². The molecular formula is C17H11F2N3O2. The minimum absolute atomic E-state index is 0.0622. The summed E-state index contributed by atoms with van der Waals surface area (Å²) in [5, 5.41) is 2.23. The van der Waals surface area contributed by atoms with Crippen molar-refractivity contribution in [3.05, 3.63) is 71.8 Å². The molecule has 0 bridgehead atoms. The van der Waals surface area contributed by atoms with Gasteiger partial charge in [-0.25, -0.2) is 13.8 Å². The number of carbonyl (C=O) groups is 1. The van der Waals surface area contributed by atoms with Gasteiger partial charge >= 0.3 is 0 Å². The molecule has 0 aliphatic carbocycles. The summed E-state index contributed by atoms with van der Waals surface area (Å²) < 4.78 is 34.7. The van der Waals surface area contributed by atoms with Crippen molar-refractivity contribution in [2.24, 2.45) is 0 Å². The number of nitrogens with one attached hydrogen (secondary N) is 1. The highest BCUT2D eigenvalue weighted by molar-refractivity contribution is 6.04. The third kappa shape index (κ3) is 2.21. The largest absolute Gasteiger partial charge is 0.485 e. The van der Waals surface area contributed by atoms with Gasteiger partial charge in [0.1, 0.15) is 36.0 Å². The highest BCUT2D eigenvalue weighted by Gasteiger charge is 2.25. The van der Waals surface area contributed by atoms with Gasteiger partial charge in [-0.2, -0.15) is 0 Å². The van der Waals surface area contributed by atoms with E-state index in [0.29, 0.717) is 11.4 Å². The van der Waals surface area contributed by atoms with Crippen LogP contribution in [-0.2, 0) is 6.61 Å². The molecule has 2 aromatic carbocycles. The van der Waals surface area contributed by atoms with Crippen LogP contribution in [0.3, 0.4) is 0 Å². The van der Waals surface area contributed by atoms with E-state index in [9.17, 15) is 13.6 Å². The number of hydrogen-bond acceptors (Lipinski definition) is 3. The second-order valence-electron chi connectivity index (χ2n) is 5.22.